The molecule has 0 aliphatic carbocycles. The van der Waals surface area contributed by atoms with Crippen LogP contribution in [0, 0.1) is 0 Å². The van der Waals surface area contributed by atoms with Crippen molar-refractivity contribution in [3.05, 3.63) is 0 Å². The van der Waals surface area contributed by atoms with Crippen LogP contribution in [0.2, 0.25) is 0 Å². The van der Waals surface area contributed by atoms with Crippen LogP contribution < -0.4 is 80.9 Å². The van der Waals surface area contributed by atoms with Gasteiger partial charge < -0.3 is 13.1 Å². The van der Waals surface area contributed by atoms with E-state index in [1.807, 2.05) is 0 Å². The number of hydrogen-bond acceptors (Lipinski definition) is 1. The standard InChI is InChI=1S/CH2O3.K.Na.H2S.2H/c2-1(3)4;;;;;/h(H2,2,3,4);;;1H2;;/q;2*+1;;2*-1. The quantitative estimate of drug-likeness (QED) is 0.348. The predicted octanol–water partition coefficient (Wildman–Crippen LogP) is -5.43. The van der Waals surface area contributed by atoms with Crippen LogP contribution in [0.15, 0.2) is 0 Å². The molecule has 0 bridgehead atoms. The molecule has 0 unspecified atom stereocenters. The smallest absolute Gasteiger partial charge is 1.00 e. The molecule has 0 aromatic heterocycles. The van der Waals surface area contributed by atoms with Gasteiger partial charge in [0.1, 0.15) is 0 Å². The van der Waals surface area contributed by atoms with Gasteiger partial charge in [-0.3, -0.25) is 0 Å². The summed E-state index contributed by atoms with van der Waals surface area (Å²) in [7, 11) is 0. The second-order valence-corrected chi connectivity index (χ2v) is 0.283. The normalized spacial score (nSPS) is 3.43. The van der Waals surface area contributed by atoms with Crippen molar-refractivity contribution in [1.82, 2.24) is 0 Å². The molecule has 0 spiro atoms. The van der Waals surface area contributed by atoms with E-state index in [1.54, 1.807) is 0 Å². The number of rotatable bonds is 0. The van der Waals surface area contributed by atoms with E-state index in [1.165, 1.54) is 0 Å². The summed E-state index contributed by atoms with van der Waals surface area (Å²) < 4.78 is 0. The molecule has 0 saturated heterocycles. The second kappa shape index (κ2) is 15.7. The maximum absolute atomic E-state index is 8.56. The Bertz CT molecular complexity index is 44.8. The number of carbonyl (C=O) groups is 1. The minimum Gasteiger partial charge on any atom is -1.00 e. The fraction of sp³-hybridized carbons (Fsp3) is 0. The third-order valence-electron chi connectivity index (χ3n) is 0. The summed E-state index contributed by atoms with van der Waals surface area (Å²) in [6.45, 7) is 0. The van der Waals surface area contributed by atoms with Crippen molar-refractivity contribution >= 4 is 19.7 Å². The molecule has 0 saturated carbocycles. The van der Waals surface area contributed by atoms with E-state index < -0.39 is 6.16 Å². The fourth-order valence-electron chi connectivity index (χ4n) is 0. The monoisotopic (exact) mass is 160 g/mol. The number of hydrogen-bond donors (Lipinski definition) is 2. The molecule has 0 aromatic carbocycles. The van der Waals surface area contributed by atoms with Crippen molar-refractivity contribution in [2.75, 3.05) is 0 Å². The zero-order valence-corrected chi connectivity index (χ0v) is 10.4. The van der Waals surface area contributed by atoms with E-state index in [-0.39, 0.29) is 97.3 Å². The maximum atomic E-state index is 8.56. The molecule has 0 aliphatic heterocycles. The van der Waals surface area contributed by atoms with Gasteiger partial charge in [-0.05, 0) is 0 Å². The zero-order chi connectivity index (χ0) is 3.58. The van der Waals surface area contributed by atoms with E-state index in [0.29, 0.717) is 0 Å². The van der Waals surface area contributed by atoms with E-state index >= 15 is 0 Å². The van der Waals surface area contributed by atoms with Gasteiger partial charge in [0.2, 0.25) is 0 Å². The molecule has 0 atom stereocenters. The molecule has 0 rings (SSSR count). The molecule has 3 nitrogen and oxygen atoms in total. The molecule has 2 N–H and O–H groups in total. The minimum absolute atomic E-state index is 0. The Morgan fingerprint density at radius 3 is 1.43 bits per heavy atom. The van der Waals surface area contributed by atoms with Crippen molar-refractivity contribution in [3.8, 4) is 0 Å². The molecular weight excluding hydrogens is 154 g/mol. The first-order chi connectivity index (χ1) is 1.73. The van der Waals surface area contributed by atoms with Gasteiger partial charge >= 0.3 is 87.1 Å². The first-order valence-corrected chi connectivity index (χ1v) is 0.651. The third-order valence-corrected chi connectivity index (χ3v) is 0. The van der Waals surface area contributed by atoms with Crippen LogP contribution >= 0.6 is 13.5 Å². The largest absolute Gasteiger partial charge is 1.00 e. The third kappa shape index (κ3) is 63.5. The first-order valence-electron chi connectivity index (χ1n) is 0.651. The van der Waals surface area contributed by atoms with Crippen molar-refractivity contribution in [2.45, 2.75) is 0 Å². The second-order valence-electron chi connectivity index (χ2n) is 0.283. The predicted molar refractivity (Wildman–Crippen MR) is 23.3 cm³/mol. The van der Waals surface area contributed by atoms with Crippen molar-refractivity contribution in [2.24, 2.45) is 0 Å². The summed E-state index contributed by atoms with van der Waals surface area (Å²) in [5, 5.41) is 13.9. The van der Waals surface area contributed by atoms with Crippen molar-refractivity contribution in [3.63, 3.8) is 0 Å². The molecule has 0 radical (unpaired) electrons. The summed E-state index contributed by atoms with van der Waals surface area (Å²) in [5.74, 6) is 0. The van der Waals surface area contributed by atoms with Crippen LogP contribution in [0.1, 0.15) is 2.85 Å². The average Bonchev–Trinajstić information content (AvgIpc) is 0.811. The first kappa shape index (κ1) is 22.8. The SMILES string of the molecule is O=C(O)O.S.[H-].[H-].[K+].[Na+]. The fourth-order valence-corrected chi connectivity index (χ4v) is 0. The zero-order valence-electron chi connectivity index (χ0n) is 6.30. The summed E-state index contributed by atoms with van der Waals surface area (Å²) in [4.78, 5) is 8.56. The van der Waals surface area contributed by atoms with Gasteiger partial charge in [-0.25, -0.2) is 4.79 Å². The maximum Gasteiger partial charge on any atom is 1.00 e. The summed E-state index contributed by atoms with van der Waals surface area (Å²) >= 11 is 0. The summed E-state index contributed by atoms with van der Waals surface area (Å²) in [6, 6.07) is 0. The van der Waals surface area contributed by atoms with E-state index in [9.17, 15) is 0 Å². The molecular formula is CH6KNaO3S. The Morgan fingerprint density at radius 2 is 1.43 bits per heavy atom. The Hall–Kier alpha value is 2.26. The van der Waals surface area contributed by atoms with Crippen LogP contribution in [-0.2, 0) is 0 Å². The Kier molecular flexibility index (Phi) is 51.3. The molecule has 36 valence electrons. The van der Waals surface area contributed by atoms with Gasteiger partial charge in [-0.2, -0.15) is 13.5 Å². The van der Waals surface area contributed by atoms with Crippen molar-refractivity contribution < 1.29 is 98.8 Å². The Morgan fingerprint density at radius 1 is 1.43 bits per heavy atom. The van der Waals surface area contributed by atoms with Gasteiger partial charge in [0.25, 0.3) is 0 Å². The molecule has 0 aliphatic rings. The topological polar surface area (TPSA) is 57.5 Å². The van der Waals surface area contributed by atoms with E-state index in [2.05, 4.69) is 0 Å². The Balaban J connectivity index is -0.00000000450. The van der Waals surface area contributed by atoms with E-state index in [0.717, 1.165) is 0 Å². The van der Waals surface area contributed by atoms with Gasteiger partial charge in [0.15, 0.2) is 0 Å². The summed E-state index contributed by atoms with van der Waals surface area (Å²) in [5.41, 5.74) is 0. The van der Waals surface area contributed by atoms with Crippen LogP contribution in [0.4, 0.5) is 4.79 Å². The van der Waals surface area contributed by atoms with Crippen LogP contribution in [-0.4, -0.2) is 16.4 Å². The molecule has 0 fully saturated rings. The van der Waals surface area contributed by atoms with Gasteiger partial charge in [0, 0.05) is 0 Å². The van der Waals surface area contributed by atoms with Crippen molar-refractivity contribution in [1.29, 1.82) is 0 Å². The number of carboxylic acid groups (broad SMARTS) is 2. The van der Waals surface area contributed by atoms with Crippen LogP contribution in [0.5, 0.6) is 0 Å². The van der Waals surface area contributed by atoms with E-state index in [4.69, 9.17) is 15.0 Å². The van der Waals surface area contributed by atoms with Gasteiger partial charge in [-0.15, -0.1) is 0 Å². The van der Waals surface area contributed by atoms with Gasteiger partial charge in [0.05, 0.1) is 0 Å². The molecule has 7 heavy (non-hydrogen) atoms. The minimum atomic E-state index is -1.83. The van der Waals surface area contributed by atoms with Gasteiger partial charge in [-0.1, -0.05) is 0 Å². The Labute approximate surface area is 116 Å². The van der Waals surface area contributed by atoms with Crippen LogP contribution in [0.3, 0.4) is 0 Å². The average molecular weight is 160 g/mol. The van der Waals surface area contributed by atoms with Crippen LogP contribution in [0.25, 0.3) is 0 Å². The molecule has 0 heterocycles. The molecule has 6 heteroatoms. The molecule has 0 amide bonds. The molecule has 0 aromatic rings. The summed E-state index contributed by atoms with van der Waals surface area (Å²) in [6.07, 6.45) is -1.83.